The molecular formula is C16H19F11O5. The Kier molecular flexibility index (Phi) is 12.7. The van der Waals surface area contributed by atoms with Crippen LogP contribution >= 0.6 is 0 Å². The average Bonchev–Trinajstić information content (AvgIpc) is 2.74. The molecule has 190 valence electrons. The lowest BCUT2D eigenvalue weighted by Gasteiger charge is -2.33. The fourth-order valence-electron chi connectivity index (χ4n) is 1.76. The summed E-state index contributed by atoms with van der Waals surface area (Å²) in [5.41, 5.74) is 0. The third kappa shape index (κ3) is 8.13. The number of hydrogen-bond donors (Lipinski definition) is 2. The summed E-state index contributed by atoms with van der Waals surface area (Å²) in [6.45, 7) is -5.61. The van der Waals surface area contributed by atoms with E-state index in [1.807, 2.05) is 0 Å². The minimum absolute atomic E-state index is 0.161. The van der Waals surface area contributed by atoms with Gasteiger partial charge in [0.2, 0.25) is 5.83 Å². The van der Waals surface area contributed by atoms with Crippen molar-refractivity contribution < 1.29 is 72.7 Å². The number of aliphatic hydroxyl groups is 2. The maximum atomic E-state index is 14.3. The first-order valence-corrected chi connectivity index (χ1v) is 8.55. The van der Waals surface area contributed by atoms with Crippen molar-refractivity contribution in [3.8, 4) is 0 Å². The van der Waals surface area contributed by atoms with Gasteiger partial charge < -0.3 is 24.4 Å². The van der Waals surface area contributed by atoms with Crippen molar-refractivity contribution in [1.82, 2.24) is 0 Å². The molecule has 2 atom stereocenters. The van der Waals surface area contributed by atoms with Crippen molar-refractivity contribution in [1.29, 1.82) is 0 Å². The van der Waals surface area contributed by atoms with E-state index in [0.717, 1.165) is 0 Å². The van der Waals surface area contributed by atoms with E-state index in [2.05, 4.69) is 4.74 Å². The van der Waals surface area contributed by atoms with Gasteiger partial charge in [0.1, 0.15) is 12.8 Å². The molecule has 0 radical (unpaired) electrons. The number of rotatable bonds is 15. The first kappa shape index (κ1) is 30.5. The van der Waals surface area contributed by atoms with E-state index < -0.39 is 80.3 Å². The second-order valence-corrected chi connectivity index (χ2v) is 5.87. The summed E-state index contributed by atoms with van der Waals surface area (Å²) in [4.78, 5) is 0. The molecule has 0 heterocycles. The maximum absolute atomic E-state index is 14.3. The molecule has 0 amide bonds. The van der Waals surface area contributed by atoms with Crippen molar-refractivity contribution >= 4 is 0 Å². The zero-order chi connectivity index (χ0) is 25.2. The Hall–Kier alpha value is -1.49. The highest BCUT2D eigenvalue weighted by Crippen LogP contribution is 2.51. The summed E-state index contributed by atoms with van der Waals surface area (Å²) in [7, 11) is 0. The van der Waals surface area contributed by atoms with Gasteiger partial charge in [-0.3, -0.25) is 0 Å². The molecule has 0 aromatic heterocycles. The van der Waals surface area contributed by atoms with E-state index in [4.69, 9.17) is 19.7 Å². The Morgan fingerprint density at radius 3 is 1.88 bits per heavy atom. The fourth-order valence-corrected chi connectivity index (χ4v) is 1.76. The van der Waals surface area contributed by atoms with E-state index >= 15 is 0 Å². The second-order valence-electron chi connectivity index (χ2n) is 5.87. The van der Waals surface area contributed by atoms with Gasteiger partial charge in [-0.15, -0.1) is 0 Å². The molecule has 0 fully saturated rings. The van der Waals surface area contributed by atoms with Gasteiger partial charge in [0, 0.05) is 6.61 Å². The van der Waals surface area contributed by atoms with E-state index in [1.165, 1.54) is 0 Å². The number of allylic oxidation sites excluding steroid dienone is 3. The van der Waals surface area contributed by atoms with Gasteiger partial charge in [0.15, 0.2) is 17.5 Å². The zero-order valence-corrected chi connectivity index (χ0v) is 16.0. The Labute approximate surface area is 174 Å². The predicted octanol–water partition coefficient (Wildman–Crippen LogP) is 3.91. The van der Waals surface area contributed by atoms with Crippen molar-refractivity contribution in [2.45, 2.75) is 30.5 Å². The second kappa shape index (κ2) is 13.3. The Bertz CT molecular complexity index is 638. The Morgan fingerprint density at radius 1 is 0.812 bits per heavy atom. The summed E-state index contributed by atoms with van der Waals surface area (Å²) >= 11 is 0. The fraction of sp³-hybridized carbons (Fsp3) is 0.750. The quantitative estimate of drug-likeness (QED) is 0.203. The molecule has 32 heavy (non-hydrogen) atoms. The standard InChI is InChI=1S/C16H19F11O5/c17-6-10(18)11(19)12(20)13(21)14(22,15(23,24)16(25,26)27)32-3-1-2-30-4-5-31-8-9(29)7-28/h9,28-29H,1-8H2/b11-10+,13-12+. The third-order valence-corrected chi connectivity index (χ3v) is 3.41. The molecule has 0 saturated carbocycles. The summed E-state index contributed by atoms with van der Waals surface area (Å²) in [5.74, 6) is -25.9. The van der Waals surface area contributed by atoms with Gasteiger partial charge in [-0.1, -0.05) is 0 Å². The summed E-state index contributed by atoms with van der Waals surface area (Å²) in [5, 5.41) is 17.5. The first-order valence-electron chi connectivity index (χ1n) is 8.55. The lowest BCUT2D eigenvalue weighted by Crippen LogP contribution is -2.56. The lowest BCUT2D eigenvalue weighted by atomic mass is 10.1. The molecule has 5 nitrogen and oxygen atoms in total. The predicted molar refractivity (Wildman–Crippen MR) is 84.6 cm³/mol. The van der Waals surface area contributed by atoms with Crippen molar-refractivity contribution in [3.05, 3.63) is 23.3 Å². The normalized spacial score (nSPS) is 17.5. The molecule has 0 aromatic carbocycles. The molecule has 2 unspecified atom stereocenters. The highest BCUT2D eigenvalue weighted by atomic mass is 19.4. The number of ether oxygens (including phenoxy) is 3. The number of alkyl halides is 7. The molecule has 0 aliphatic rings. The Balaban J connectivity index is 5.22. The minimum atomic E-state index is -6.86. The monoisotopic (exact) mass is 500 g/mol. The molecule has 0 rings (SSSR count). The molecule has 0 spiro atoms. The highest BCUT2D eigenvalue weighted by molar-refractivity contribution is 5.30. The van der Waals surface area contributed by atoms with Crippen LogP contribution in [0.4, 0.5) is 48.3 Å². The van der Waals surface area contributed by atoms with Gasteiger partial charge in [0.25, 0.3) is 0 Å². The van der Waals surface area contributed by atoms with E-state index in [9.17, 15) is 48.3 Å². The average molecular weight is 500 g/mol. The minimum Gasteiger partial charge on any atom is -0.394 e. The number of halogens is 11. The highest BCUT2D eigenvalue weighted by Gasteiger charge is 2.75. The van der Waals surface area contributed by atoms with Crippen LogP contribution in [-0.2, 0) is 14.2 Å². The number of aliphatic hydroxyl groups excluding tert-OH is 2. The molecule has 0 aromatic rings. The van der Waals surface area contributed by atoms with Crippen LogP contribution in [0.1, 0.15) is 6.42 Å². The zero-order valence-electron chi connectivity index (χ0n) is 16.0. The number of hydrogen-bond acceptors (Lipinski definition) is 5. The van der Waals surface area contributed by atoms with Crippen LogP contribution < -0.4 is 0 Å². The van der Waals surface area contributed by atoms with Crippen LogP contribution in [0, 0.1) is 0 Å². The van der Waals surface area contributed by atoms with Gasteiger partial charge in [-0.25, -0.2) is 22.0 Å². The van der Waals surface area contributed by atoms with Gasteiger partial charge in [-0.2, -0.15) is 26.3 Å². The summed E-state index contributed by atoms with van der Waals surface area (Å²) in [6.07, 6.45) is -8.69. The van der Waals surface area contributed by atoms with Crippen molar-refractivity contribution in [2.24, 2.45) is 0 Å². The van der Waals surface area contributed by atoms with Crippen LogP contribution in [0.3, 0.4) is 0 Å². The van der Waals surface area contributed by atoms with Crippen LogP contribution in [-0.4, -0.2) is 80.6 Å². The summed E-state index contributed by atoms with van der Waals surface area (Å²) in [6, 6.07) is 0. The van der Waals surface area contributed by atoms with Crippen LogP contribution in [0.5, 0.6) is 0 Å². The van der Waals surface area contributed by atoms with E-state index in [0.29, 0.717) is 0 Å². The Morgan fingerprint density at radius 2 is 1.38 bits per heavy atom. The molecule has 2 N–H and O–H groups in total. The maximum Gasteiger partial charge on any atom is 0.460 e. The van der Waals surface area contributed by atoms with Gasteiger partial charge in [0.05, 0.1) is 33.0 Å². The topological polar surface area (TPSA) is 68.2 Å². The molecular weight excluding hydrogens is 481 g/mol. The van der Waals surface area contributed by atoms with E-state index in [-0.39, 0.29) is 19.8 Å². The molecule has 0 saturated heterocycles. The van der Waals surface area contributed by atoms with Crippen molar-refractivity contribution in [3.63, 3.8) is 0 Å². The van der Waals surface area contributed by atoms with Crippen LogP contribution in [0.2, 0.25) is 0 Å². The summed E-state index contributed by atoms with van der Waals surface area (Å²) < 4.78 is 157. The van der Waals surface area contributed by atoms with Crippen LogP contribution in [0.15, 0.2) is 23.3 Å². The lowest BCUT2D eigenvalue weighted by molar-refractivity contribution is -0.375. The third-order valence-electron chi connectivity index (χ3n) is 3.41. The molecule has 0 aliphatic heterocycles. The van der Waals surface area contributed by atoms with Gasteiger partial charge >= 0.3 is 18.0 Å². The van der Waals surface area contributed by atoms with E-state index in [1.54, 1.807) is 0 Å². The largest absolute Gasteiger partial charge is 0.460 e. The molecule has 16 heteroatoms. The first-order chi connectivity index (χ1) is 14.7. The van der Waals surface area contributed by atoms with Gasteiger partial charge in [-0.05, 0) is 6.42 Å². The van der Waals surface area contributed by atoms with Crippen LogP contribution in [0.25, 0.3) is 0 Å². The smallest absolute Gasteiger partial charge is 0.394 e. The molecule has 0 bridgehead atoms. The molecule has 0 aliphatic carbocycles. The van der Waals surface area contributed by atoms with Crippen molar-refractivity contribution in [2.75, 3.05) is 46.3 Å². The SMILES string of the molecule is OCC(O)COCCOCCCOC(F)(/C(F)=C(F)/C(F)=C(\F)CF)C(F)(F)C(F)(F)F.